The van der Waals surface area contributed by atoms with E-state index in [0.717, 1.165) is 0 Å². The second-order valence-electron chi connectivity index (χ2n) is 5.24. The third-order valence-electron chi connectivity index (χ3n) is 3.45. The monoisotopic (exact) mass is 287 g/mol. The van der Waals surface area contributed by atoms with Crippen LogP contribution in [0.4, 0.5) is 14.5 Å². The molecule has 1 aromatic heterocycles. The predicted octanol–water partition coefficient (Wildman–Crippen LogP) is 4.14. The first-order valence-electron chi connectivity index (χ1n) is 6.71. The summed E-state index contributed by atoms with van der Waals surface area (Å²) in [5.41, 5.74) is 7.14. The van der Waals surface area contributed by atoms with E-state index in [1.165, 1.54) is 18.2 Å². The molecule has 3 nitrogen and oxygen atoms in total. The van der Waals surface area contributed by atoms with Gasteiger partial charge < -0.3 is 10.3 Å². The minimum atomic E-state index is -0.504. The Labute approximate surface area is 121 Å². The molecule has 2 N–H and O–H groups in total. The topological polar surface area (TPSA) is 43.8 Å². The van der Waals surface area contributed by atoms with Crippen LogP contribution in [-0.4, -0.2) is 9.55 Å². The van der Waals surface area contributed by atoms with Crippen molar-refractivity contribution < 1.29 is 8.78 Å². The third kappa shape index (κ3) is 2.14. The number of hydrogen-bond donors (Lipinski definition) is 1. The van der Waals surface area contributed by atoms with E-state index in [-0.39, 0.29) is 17.5 Å². The quantitative estimate of drug-likeness (QED) is 0.720. The van der Waals surface area contributed by atoms with E-state index in [1.807, 2.05) is 24.5 Å². The lowest BCUT2D eigenvalue weighted by molar-refractivity contribution is 0.619. The van der Waals surface area contributed by atoms with Crippen LogP contribution >= 0.6 is 0 Å². The summed E-state index contributed by atoms with van der Waals surface area (Å²) in [6.07, 6.45) is 0. The average Bonchev–Trinajstić information content (AvgIpc) is 2.83. The molecule has 0 saturated heterocycles. The van der Waals surface area contributed by atoms with Crippen LogP contribution in [0.15, 0.2) is 36.4 Å². The Bertz CT molecular complexity index is 822. The number of hydrogen-bond acceptors (Lipinski definition) is 2. The van der Waals surface area contributed by atoms with Gasteiger partial charge in [-0.15, -0.1) is 0 Å². The molecule has 0 aliphatic carbocycles. The van der Waals surface area contributed by atoms with E-state index in [1.54, 1.807) is 12.1 Å². The highest BCUT2D eigenvalue weighted by atomic mass is 19.1. The van der Waals surface area contributed by atoms with Gasteiger partial charge in [-0.25, -0.2) is 13.8 Å². The number of fused-ring (bicyclic) bond motifs is 1. The Morgan fingerprint density at radius 2 is 1.86 bits per heavy atom. The molecule has 0 radical (unpaired) electrons. The summed E-state index contributed by atoms with van der Waals surface area (Å²) in [6.45, 7) is 3.95. The van der Waals surface area contributed by atoms with E-state index >= 15 is 0 Å². The van der Waals surface area contributed by atoms with Crippen LogP contribution in [-0.2, 0) is 0 Å². The number of rotatable bonds is 2. The van der Waals surface area contributed by atoms with Crippen molar-refractivity contribution in [3.05, 3.63) is 48.0 Å². The highest BCUT2D eigenvalue weighted by Gasteiger charge is 2.17. The molecule has 108 valence electrons. The van der Waals surface area contributed by atoms with Crippen molar-refractivity contribution in [2.75, 3.05) is 5.73 Å². The van der Waals surface area contributed by atoms with Gasteiger partial charge in [-0.2, -0.15) is 0 Å². The minimum Gasteiger partial charge on any atom is -0.396 e. The molecule has 1 heterocycles. The standard InChI is InChI=1S/C16H15F2N3/c1-9(2)21-14-5-3-4-11(17)15(14)20-16(21)10-6-7-13(19)12(18)8-10/h3-9H,19H2,1-2H3. The second-order valence-corrected chi connectivity index (χ2v) is 5.24. The van der Waals surface area contributed by atoms with Crippen molar-refractivity contribution in [3.8, 4) is 11.4 Å². The summed E-state index contributed by atoms with van der Waals surface area (Å²) in [5, 5.41) is 0. The SMILES string of the molecule is CC(C)n1c(-c2ccc(N)c(F)c2)nc2c(F)cccc21. The maximum absolute atomic E-state index is 13.9. The Kier molecular flexibility index (Phi) is 3.12. The van der Waals surface area contributed by atoms with E-state index < -0.39 is 5.82 Å². The molecule has 3 rings (SSSR count). The van der Waals surface area contributed by atoms with E-state index in [0.29, 0.717) is 22.4 Å². The Hall–Kier alpha value is -2.43. The first-order chi connectivity index (χ1) is 9.99. The lowest BCUT2D eigenvalue weighted by Crippen LogP contribution is -2.03. The van der Waals surface area contributed by atoms with Crippen molar-refractivity contribution in [1.29, 1.82) is 0 Å². The highest BCUT2D eigenvalue weighted by molar-refractivity contribution is 5.81. The van der Waals surface area contributed by atoms with Crippen molar-refractivity contribution in [2.24, 2.45) is 0 Å². The van der Waals surface area contributed by atoms with Crippen LogP contribution < -0.4 is 5.73 Å². The Morgan fingerprint density at radius 3 is 2.52 bits per heavy atom. The fraction of sp³-hybridized carbons (Fsp3) is 0.188. The van der Waals surface area contributed by atoms with Gasteiger partial charge in [0, 0.05) is 11.6 Å². The van der Waals surface area contributed by atoms with Crippen molar-refractivity contribution >= 4 is 16.7 Å². The smallest absolute Gasteiger partial charge is 0.151 e. The second kappa shape index (κ2) is 4.84. The summed E-state index contributed by atoms with van der Waals surface area (Å²) < 4.78 is 29.5. The number of nitrogens with two attached hydrogens (primary N) is 1. The number of aromatic nitrogens is 2. The lowest BCUT2D eigenvalue weighted by atomic mass is 10.1. The number of benzene rings is 2. The molecule has 0 fully saturated rings. The molecule has 3 aromatic rings. The number of para-hydroxylation sites is 1. The molecule has 0 saturated carbocycles. The zero-order chi connectivity index (χ0) is 15.1. The number of halogens is 2. The highest BCUT2D eigenvalue weighted by Crippen LogP contribution is 2.30. The average molecular weight is 287 g/mol. The molecular formula is C16H15F2N3. The van der Waals surface area contributed by atoms with Gasteiger partial charge >= 0.3 is 0 Å². The molecule has 21 heavy (non-hydrogen) atoms. The molecule has 5 heteroatoms. The largest absolute Gasteiger partial charge is 0.396 e. The van der Waals surface area contributed by atoms with Crippen LogP contribution in [0.1, 0.15) is 19.9 Å². The van der Waals surface area contributed by atoms with Gasteiger partial charge in [-0.05, 0) is 44.2 Å². The lowest BCUT2D eigenvalue weighted by Gasteiger charge is -2.13. The molecule has 2 aromatic carbocycles. The molecular weight excluding hydrogens is 272 g/mol. The van der Waals surface area contributed by atoms with Crippen molar-refractivity contribution in [1.82, 2.24) is 9.55 Å². The third-order valence-corrected chi connectivity index (χ3v) is 3.45. The number of nitrogen functional groups attached to an aromatic ring is 1. The van der Waals surface area contributed by atoms with Crippen molar-refractivity contribution in [2.45, 2.75) is 19.9 Å². The first kappa shape index (κ1) is 13.5. The van der Waals surface area contributed by atoms with Crippen LogP contribution in [0, 0.1) is 11.6 Å². The maximum Gasteiger partial charge on any atom is 0.151 e. The van der Waals surface area contributed by atoms with Crippen LogP contribution in [0.2, 0.25) is 0 Å². The van der Waals surface area contributed by atoms with Crippen molar-refractivity contribution in [3.63, 3.8) is 0 Å². The van der Waals surface area contributed by atoms with Crippen LogP contribution in [0.5, 0.6) is 0 Å². The minimum absolute atomic E-state index is 0.0624. The van der Waals surface area contributed by atoms with Gasteiger partial charge in [0.1, 0.15) is 17.2 Å². The molecule has 0 spiro atoms. The number of nitrogens with zero attached hydrogens (tertiary/aromatic N) is 2. The maximum atomic E-state index is 13.9. The predicted molar refractivity (Wildman–Crippen MR) is 79.9 cm³/mol. The fourth-order valence-electron chi connectivity index (χ4n) is 2.48. The van der Waals surface area contributed by atoms with E-state index in [4.69, 9.17) is 5.73 Å². The molecule has 0 unspecified atom stereocenters. The normalized spacial score (nSPS) is 11.5. The summed E-state index contributed by atoms with van der Waals surface area (Å²) in [5.74, 6) is -0.358. The molecule has 0 amide bonds. The Morgan fingerprint density at radius 1 is 1.10 bits per heavy atom. The van der Waals surface area contributed by atoms with Gasteiger partial charge in [0.25, 0.3) is 0 Å². The van der Waals surface area contributed by atoms with Crippen LogP contribution in [0.3, 0.4) is 0 Å². The van der Waals surface area contributed by atoms with Gasteiger partial charge in [-0.1, -0.05) is 6.07 Å². The van der Waals surface area contributed by atoms with Gasteiger partial charge in [0.05, 0.1) is 11.2 Å². The van der Waals surface area contributed by atoms with Gasteiger partial charge in [-0.3, -0.25) is 0 Å². The molecule has 0 aliphatic rings. The molecule has 0 atom stereocenters. The van der Waals surface area contributed by atoms with Gasteiger partial charge in [0.2, 0.25) is 0 Å². The zero-order valence-corrected chi connectivity index (χ0v) is 11.8. The van der Waals surface area contributed by atoms with Crippen LogP contribution in [0.25, 0.3) is 22.4 Å². The summed E-state index contributed by atoms with van der Waals surface area (Å²) in [6, 6.07) is 9.39. The first-order valence-corrected chi connectivity index (χ1v) is 6.71. The molecule has 0 aliphatic heterocycles. The van der Waals surface area contributed by atoms with E-state index in [2.05, 4.69) is 4.98 Å². The summed E-state index contributed by atoms with van der Waals surface area (Å²) in [4.78, 5) is 4.35. The summed E-state index contributed by atoms with van der Waals surface area (Å²) >= 11 is 0. The fourth-order valence-corrected chi connectivity index (χ4v) is 2.48. The van der Waals surface area contributed by atoms with Gasteiger partial charge in [0.15, 0.2) is 5.82 Å². The number of imidazole rings is 1. The Balaban J connectivity index is 2.33. The zero-order valence-electron chi connectivity index (χ0n) is 11.8. The summed E-state index contributed by atoms with van der Waals surface area (Å²) in [7, 11) is 0. The van der Waals surface area contributed by atoms with E-state index in [9.17, 15) is 8.78 Å². The molecule has 0 bridgehead atoms. The number of anilines is 1.